The highest BCUT2D eigenvalue weighted by atomic mass is 16.6. The van der Waals surface area contributed by atoms with Gasteiger partial charge in [-0.3, -0.25) is 4.79 Å². The molecular formula is C22H25NO5. The standard InChI is InChI=1S/C22H25NO5/c1-26-17-11-12-18(19(15-17)27-2)22(25)28-20(16-9-5-3-6-10-16)21(24)23-13-7-4-8-14-23/h3,5-6,9-12,15,20H,4,7-8,13-14H2,1-2H3. The quantitative estimate of drug-likeness (QED) is 0.713. The average Bonchev–Trinajstić information content (AvgIpc) is 2.77. The van der Waals surface area contributed by atoms with Crippen LogP contribution in [0.1, 0.15) is 41.3 Å². The summed E-state index contributed by atoms with van der Waals surface area (Å²) in [6, 6.07) is 14.0. The third kappa shape index (κ3) is 4.44. The molecule has 0 N–H and O–H groups in total. The Balaban J connectivity index is 1.87. The van der Waals surface area contributed by atoms with Gasteiger partial charge in [-0.15, -0.1) is 0 Å². The van der Waals surface area contributed by atoms with Gasteiger partial charge >= 0.3 is 5.97 Å². The van der Waals surface area contributed by atoms with Crippen molar-refractivity contribution in [1.29, 1.82) is 0 Å². The van der Waals surface area contributed by atoms with Gasteiger partial charge in [0.25, 0.3) is 5.91 Å². The van der Waals surface area contributed by atoms with E-state index in [1.165, 1.54) is 14.2 Å². The number of hydrogen-bond donors (Lipinski definition) is 0. The number of carbonyl (C=O) groups excluding carboxylic acids is 2. The smallest absolute Gasteiger partial charge is 0.343 e. The van der Waals surface area contributed by atoms with Crippen molar-refractivity contribution in [2.45, 2.75) is 25.4 Å². The van der Waals surface area contributed by atoms with Crippen LogP contribution in [0.4, 0.5) is 0 Å². The molecule has 2 aromatic carbocycles. The van der Waals surface area contributed by atoms with Gasteiger partial charge < -0.3 is 19.1 Å². The van der Waals surface area contributed by atoms with Crippen molar-refractivity contribution in [2.75, 3.05) is 27.3 Å². The molecule has 1 heterocycles. The molecule has 6 heteroatoms. The van der Waals surface area contributed by atoms with Crippen LogP contribution in [0.25, 0.3) is 0 Å². The minimum Gasteiger partial charge on any atom is -0.497 e. The summed E-state index contributed by atoms with van der Waals surface area (Å²) in [6.07, 6.45) is 2.06. The number of methoxy groups -OCH3 is 2. The molecule has 1 unspecified atom stereocenters. The summed E-state index contributed by atoms with van der Waals surface area (Å²) in [5.74, 6) is 0.101. The summed E-state index contributed by atoms with van der Waals surface area (Å²) in [7, 11) is 3.01. The van der Waals surface area contributed by atoms with Crippen LogP contribution in [0.15, 0.2) is 48.5 Å². The molecule has 6 nitrogen and oxygen atoms in total. The molecule has 1 fully saturated rings. The van der Waals surface area contributed by atoms with Gasteiger partial charge in [0, 0.05) is 24.7 Å². The fraction of sp³-hybridized carbons (Fsp3) is 0.364. The number of nitrogens with zero attached hydrogens (tertiary/aromatic N) is 1. The van der Waals surface area contributed by atoms with Crippen LogP contribution in [0.2, 0.25) is 0 Å². The predicted molar refractivity (Wildman–Crippen MR) is 105 cm³/mol. The number of rotatable bonds is 6. The zero-order valence-electron chi connectivity index (χ0n) is 16.2. The summed E-state index contributed by atoms with van der Waals surface area (Å²) in [5, 5.41) is 0. The first-order valence-electron chi connectivity index (χ1n) is 9.40. The van der Waals surface area contributed by atoms with Crippen molar-refractivity contribution < 1.29 is 23.8 Å². The van der Waals surface area contributed by atoms with Crippen molar-refractivity contribution in [3.8, 4) is 11.5 Å². The average molecular weight is 383 g/mol. The summed E-state index contributed by atoms with van der Waals surface area (Å²) in [5.41, 5.74) is 0.898. The maximum Gasteiger partial charge on any atom is 0.343 e. The lowest BCUT2D eigenvalue weighted by Gasteiger charge is -2.30. The normalized spacial score (nSPS) is 14.9. The SMILES string of the molecule is COc1ccc(C(=O)OC(C(=O)N2CCCCC2)c2ccccc2)c(OC)c1. The van der Waals surface area contributed by atoms with Gasteiger partial charge in [-0.1, -0.05) is 30.3 Å². The van der Waals surface area contributed by atoms with E-state index in [9.17, 15) is 9.59 Å². The predicted octanol–water partition coefficient (Wildman–Crippen LogP) is 3.61. The van der Waals surface area contributed by atoms with E-state index >= 15 is 0 Å². The van der Waals surface area contributed by atoms with Crippen LogP contribution < -0.4 is 9.47 Å². The molecule has 1 amide bonds. The summed E-state index contributed by atoms with van der Waals surface area (Å²) >= 11 is 0. The van der Waals surface area contributed by atoms with Gasteiger partial charge in [-0.2, -0.15) is 0 Å². The second-order valence-corrected chi connectivity index (χ2v) is 6.65. The Kier molecular flexibility index (Phi) is 6.53. The summed E-state index contributed by atoms with van der Waals surface area (Å²) in [4.78, 5) is 27.8. The molecule has 28 heavy (non-hydrogen) atoms. The van der Waals surface area contributed by atoms with Crippen LogP contribution >= 0.6 is 0 Å². The Hall–Kier alpha value is -3.02. The van der Waals surface area contributed by atoms with E-state index in [1.54, 1.807) is 35.2 Å². The molecule has 2 aromatic rings. The van der Waals surface area contributed by atoms with Crippen LogP contribution in [-0.2, 0) is 9.53 Å². The molecule has 0 radical (unpaired) electrons. The first kappa shape index (κ1) is 19.7. The Morgan fingerprint density at radius 1 is 0.929 bits per heavy atom. The number of carbonyl (C=O) groups is 2. The van der Waals surface area contributed by atoms with Gasteiger partial charge in [0.1, 0.15) is 17.1 Å². The largest absolute Gasteiger partial charge is 0.497 e. The lowest BCUT2D eigenvalue weighted by atomic mass is 10.1. The number of amides is 1. The highest BCUT2D eigenvalue weighted by molar-refractivity contribution is 5.95. The molecule has 1 aliphatic rings. The Labute approximate surface area is 165 Å². The first-order valence-corrected chi connectivity index (χ1v) is 9.40. The number of piperidine rings is 1. The maximum absolute atomic E-state index is 13.1. The Bertz CT molecular complexity index is 815. The number of likely N-dealkylation sites (tertiary alicyclic amines) is 1. The van der Waals surface area contributed by atoms with E-state index in [-0.39, 0.29) is 11.5 Å². The minimum absolute atomic E-state index is 0.188. The number of hydrogen-bond acceptors (Lipinski definition) is 5. The molecule has 0 aliphatic carbocycles. The van der Waals surface area contributed by atoms with E-state index in [2.05, 4.69) is 0 Å². The van der Waals surface area contributed by atoms with Crippen LogP contribution in [0, 0.1) is 0 Å². The first-order chi connectivity index (χ1) is 13.6. The van der Waals surface area contributed by atoms with Crippen molar-refractivity contribution in [3.63, 3.8) is 0 Å². The number of esters is 1. The Morgan fingerprint density at radius 2 is 1.64 bits per heavy atom. The van der Waals surface area contributed by atoms with E-state index in [0.717, 1.165) is 19.3 Å². The minimum atomic E-state index is -0.987. The molecular weight excluding hydrogens is 358 g/mol. The molecule has 3 rings (SSSR count). The molecule has 0 bridgehead atoms. The molecule has 0 spiro atoms. The van der Waals surface area contributed by atoms with Crippen molar-refractivity contribution >= 4 is 11.9 Å². The third-order valence-electron chi connectivity index (χ3n) is 4.85. The van der Waals surface area contributed by atoms with Gasteiger partial charge in [-0.05, 0) is 31.4 Å². The van der Waals surface area contributed by atoms with Crippen LogP contribution in [0.3, 0.4) is 0 Å². The highest BCUT2D eigenvalue weighted by Gasteiger charge is 2.31. The molecule has 0 aromatic heterocycles. The van der Waals surface area contributed by atoms with E-state index in [0.29, 0.717) is 30.2 Å². The van der Waals surface area contributed by atoms with Gasteiger partial charge in [0.05, 0.1) is 14.2 Å². The van der Waals surface area contributed by atoms with Crippen molar-refractivity contribution in [3.05, 3.63) is 59.7 Å². The van der Waals surface area contributed by atoms with Crippen molar-refractivity contribution in [1.82, 2.24) is 4.90 Å². The van der Waals surface area contributed by atoms with Crippen LogP contribution in [0.5, 0.6) is 11.5 Å². The van der Waals surface area contributed by atoms with Gasteiger partial charge in [-0.25, -0.2) is 4.79 Å². The molecule has 148 valence electrons. The van der Waals surface area contributed by atoms with Gasteiger partial charge in [0.15, 0.2) is 0 Å². The molecule has 1 aliphatic heterocycles. The molecule has 0 saturated carbocycles. The van der Waals surface area contributed by atoms with E-state index in [1.807, 2.05) is 18.2 Å². The lowest BCUT2D eigenvalue weighted by molar-refractivity contribution is -0.142. The monoisotopic (exact) mass is 383 g/mol. The topological polar surface area (TPSA) is 65.1 Å². The van der Waals surface area contributed by atoms with E-state index in [4.69, 9.17) is 14.2 Å². The fourth-order valence-corrected chi connectivity index (χ4v) is 3.31. The zero-order valence-corrected chi connectivity index (χ0v) is 16.2. The summed E-state index contributed by atoms with van der Waals surface area (Å²) in [6.45, 7) is 1.37. The van der Waals surface area contributed by atoms with Crippen LogP contribution in [-0.4, -0.2) is 44.1 Å². The van der Waals surface area contributed by atoms with Crippen molar-refractivity contribution in [2.24, 2.45) is 0 Å². The number of benzene rings is 2. The lowest BCUT2D eigenvalue weighted by Crippen LogP contribution is -2.40. The Morgan fingerprint density at radius 3 is 2.29 bits per heavy atom. The summed E-state index contributed by atoms with van der Waals surface area (Å²) < 4.78 is 16.2. The maximum atomic E-state index is 13.1. The second-order valence-electron chi connectivity index (χ2n) is 6.65. The fourth-order valence-electron chi connectivity index (χ4n) is 3.31. The van der Waals surface area contributed by atoms with Gasteiger partial charge in [0.2, 0.25) is 6.10 Å². The third-order valence-corrected chi connectivity index (χ3v) is 4.85. The molecule has 1 saturated heterocycles. The van der Waals surface area contributed by atoms with E-state index < -0.39 is 12.1 Å². The second kappa shape index (κ2) is 9.26. The molecule has 1 atom stereocenters. The zero-order chi connectivity index (χ0) is 19.9. The highest BCUT2D eigenvalue weighted by Crippen LogP contribution is 2.29. The number of ether oxygens (including phenoxy) is 3.